The molecule has 25 heavy (non-hydrogen) atoms. The summed E-state index contributed by atoms with van der Waals surface area (Å²) in [4.78, 5) is 11.9. The fourth-order valence-corrected chi connectivity index (χ4v) is 3.16. The van der Waals surface area contributed by atoms with E-state index in [-0.39, 0.29) is 27.8 Å². The number of aliphatic hydroxyl groups excluding tert-OH is 1. The number of amides is 1. The van der Waals surface area contributed by atoms with Gasteiger partial charge in [-0.25, -0.2) is 13.6 Å². The standard InChI is InChI=1S/C16H17ClN2O5S/c1-24-13-7-6-10(8-14(13)25(18,22)23)9-19-16(21)15(20)11-4-2-3-5-12(11)17/h2-8,15,20H,9H2,1H3,(H,19,21)(H2,18,22,23)/t15-/m1/s1. The second-order valence-electron chi connectivity index (χ2n) is 5.17. The maximum atomic E-state index is 12.1. The zero-order chi connectivity index (χ0) is 18.6. The SMILES string of the molecule is COc1ccc(CNC(=O)[C@H](O)c2ccccc2Cl)cc1S(N)(=O)=O. The fraction of sp³-hybridized carbons (Fsp3) is 0.188. The molecule has 0 saturated carbocycles. The Morgan fingerprint density at radius 1 is 1.32 bits per heavy atom. The van der Waals surface area contributed by atoms with Crippen molar-refractivity contribution in [3.05, 3.63) is 58.6 Å². The van der Waals surface area contributed by atoms with Crippen LogP contribution in [0.4, 0.5) is 0 Å². The molecule has 0 spiro atoms. The van der Waals surface area contributed by atoms with Crippen molar-refractivity contribution < 1.29 is 23.1 Å². The summed E-state index contributed by atoms with van der Waals surface area (Å²) in [5.41, 5.74) is 0.756. The van der Waals surface area contributed by atoms with Gasteiger partial charge in [0.05, 0.1) is 7.11 Å². The number of benzene rings is 2. The molecule has 4 N–H and O–H groups in total. The summed E-state index contributed by atoms with van der Waals surface area (Å²) in [5.74, 6) is -0.560. The summed E-state index contributed by atoms with van der Waals surface area (Å²) in [5, 5.41) is 18.0. The van der Waals surface area contributed by atoms with Crippen molar-refractivity contribution in [1.82, 2.24) is 5.32 Å². The summed E-state index contributed by atoms with van der Waals surface area (Å²) in [6.07, 6.45) is -1.44. The molecule has 2 rings (SSSR count). The molecule has 0 fully saturated rings. The van der Waals surface area contributed by atoms with Crippen LogP contribution >= 0.6 is 11.6 Å². The Morgan fingerprint density at radius 2 is 2.00 bits per heavy atom. The average molecular weight is 385 g/mol. The van der Waals surface area contributed by atoms with Crippen molar-refractivity contribution in [2.45, 2.75) is 17.5 Å². The van der Waals surface area contributed by atoms with Crippen LogP contribution in [0.5, 0.6) is 5.75 Å². The van der Waals surface area contributed by atoms with Crippen molar-refractivity contribution in [3.8, 4) is 5.75 Å². The minimum atomic E-state index is -3.98. The van der Waals surface area contributed by atoms with Gasteiger partial charge in [-0.15, -0.1) is 0 Å². The number of sulfonamides is 1. The van der Waals surface area contributed by atoms with Gasteiger partial charge < -0.3 is 15.2 Å². The van der Waals surface area contributed by atoms with Crippen LogP contribution in [0.15, 0.2) is 47.4 Å². The van der Waals surface area contributed by atoms with E-state index in [0.29, 0.717) is 5.56 Å². The van der Waals surface area contributed by atoms with Gasteiger partial charge in [-0.2, -0.15) is 0 Å². The van der Waals surface area contributed by atoms with Gasteiger partial charge in [0.15, 0.2) is 6.10 Å². The van der Waals surface area contributed by atoms with Crippen LogP contribution in [0.3, 0.4) is 0 Å². The first-order valence-electron chi connectivity index (χ1n) is 7.14. The minimum Gasteiger partial charge on any atom is -0.495 e. The molecular weight excluding hydrogens is 368 g/mol. The van der Waals surface area contributed by atoms with Gasteiger partial charge in [0, 0.05) is 17.1 Å². The van der Waals surface area contributed by atoms with Crippen LogP contribution in [-0.4, -0.2) is 26.5 Å². The molecule has 0 aliphatic carbocycles. The molecule has 1 amide bonds. The Balaban J connectivity index is 2.13. The number of hydrogen-bond acceptors (Lipinski definition) is 5. The lowest BCUT2D eigenvalue weighted by Crippen LogP contribution is -2.29. The summed E-state index contributed by atoms with van der Waals surface area (Å²) >= 11 is 5.95. The third-order valence-corrected chi connectivity index (χ3v) is 4.73. The second kappa shape index (κ2) is 7.83. The summed E-state index contributed by atoms with van der Waals surface area (Å²) < 4.78 is 28.1. The van der Waals surface area contributed by atoms with Crippen molar-refractivity contribution >= 4 is 27.5 Å². The average Bonchev–Trinajstić information content (AvgIpc) is 2.58. The first-order valence-corrected chi connectivity index (χ1v) is 9.06. The van der Waals surface area contributed by atoms with Crippen LogP contribution in [0.1, 0.15) is 17.2 Å². The number of halogens is 1. The highest BCUT2D eigenvalue weighted by atomic mass is 35.5. The van der Waals surface area contributed by atoms with E-state index in [1.165, 1.54) is 19.2 Å². The van der Waals surface area contributed by atoms with Crippen molar-refractivity contribution in [3.63, 3.8) is 0 Å². The minimum absolute atomic E-state index is 0.00708. The van der Waals surface area contributed by atoms with E-state index in [4.69, 9.17) is 21.5 Å². The molecule has 9 heteroatoms. The van der Waals surface area contributed by atoms with E-state index < -0.39 is 22.0 Å². The molecule has 0 aliphatic rings. The molecule has 2 aromatic rings. The Morgan fingerprint density at radius 3 is 2.60 bits per heavy atom. The van der Waals surface area contributed by atoms with Gasteiger partial charge in [-0.3, -0.25) is 4.79 Å². The predicted molar refractivity (Wildman–Crippen MR) is 92.6 cm³/mol. The number of aliphatic hydroxyl groups is 1. The zero-order valence-electron chi connectivity index (χ0n) is 13.3. The summed E-state index contributed by atoms with van der Waals surface area (Å²) in [7, 11) is -2.65. The van der Waals surface area contributed by atoms with Crippen LogP contribution in [0.2, 0.25) is 5.02 Å². The highest BCUT2D eigenvalue weighted by Gasteiger charge is 2.20. The van der Waals surface area contributed by atoms with Crippen LogP contribution in [0.25, 0.3) is 0 Å². The predicted octanol–water partition coefficient (Wildman–Crippen LogP) is 1.35. The maximum Gasteiger partial charge on any atom is 0.253 e. The monoisotopic (exact) mass is 384 g/mol. The van der Waals surface area contributed by atoms with Crippen molar-refractivity contribution in [2.75, 3.05) is 7.11 Å². The van der Waals surface area contributed by atoms with Crippen LogP contribution in [-0.2, 0) is 21.4 Å². The molecule has 2 aromatic carbocycles. The van der Waals surface area contributed by atoms with E-state index in [2.05, 4.69) is 5.32 Å². The summed E-state index contributed by atoms with van der Waals surface area (Å²) in [6, 6.07) is 10.8. The van der Waals surface area contributed by atoms with E-state index in [1.807, 2.05) is 0 Å². The smallest absolute Gasteiger partial charge is 0.253 e. The molecule has 7 nitrogen and oxygen atoms in total. The lowest BCUT2D eigenvalue weighted by Gasteiger charge is -2.14. The highest BCUT2D eigenvalue weighted by molar-refractivity contribution is 7.89. The van der Waals surface area contributed by atoms with Gasteiger partial charge in [-0.05, 0) is 23.8 Å². The quantitative estimate of drug-likeness (QED) is 0.694. The molecule has 0 radical (unpaired) electrons. The number of hydrogen-bond donors (Lipinski definition) is 3. The Labute approximate surface area is 150 Å². The van der Waals surface area contributed by atoms with Gasteiger partial charge in [0.25, 0.3) is 5.91 Å². The lowest BCUT2D eigenvalue weighted by molar-refractivity contribution is -0.129. The first-order chi connectivity index (χ1) is 11.7. The molecule has 0 bridgehead atoms. The number of rotatable bonds is 6. The number of carbonyl (C=O) groups excluding carboxylic acids is 1. The highest BCUT2D eigenvalue weighted by Crippen LogP contribution is 2.25. The molecule has 134 valence electrons. The van der Waals surface area contributed by atoms with E-state index in [9.17, 15) is 18.3 Å². The number of primary sulfonamides is 1. The number of nitrogens with one attached hydrogen (secondary N) is 1. The number of ether oxygens (including phenoxy) is 1. The van der Waals surface area contributed by atoms with Gasteiger partial charge in [0.1, 0.15) is 10.6 Å². The molecule has 1 atom stereocenters. The largest absolute Gasteiger partial charge is 0.495 e. The van der Waals surface area contributed by atoms with Crippen molar-refractivity contribution in [1.29, 1.82) is 0 Å². The number of nitrogens with two attached hydrogens (primary N) is 1. The normalized spacial score (nSPS) is 12.5. The van der Waals surface area contributed by atoms with E-state index in [0.717, 1.165) is 0 Å². The van der Waals surface area contributed by atoms with Crippen LogP contribution < -0.4 is 15.2 Å². The topological polar surface area (TPSA) is 119 Å². The molecule has 0 aliphatic heterocycles. The molecule has 0 saturated heterocycles. The Hall–Kier alpha value is -2.13. The third-order valence-electron chi connectivity index (χ3n) is 3.45. The third kappa shape index (κ3) is 4.70. The zero-order valence-corrected chi connectivity index (χ0v) is 14.8. The van der Waals surface area contributed by atoms with Gasteiger partial charge in [0.2, 0.25) is 10.0 Å². The number of methoxy groups -OCH3 is 1. The maximum absolute atomic E-state index is 12.1. The fourth-order valence-electron chi connectivity index (χ4n) is 2.18. The molecule has 0 heterocycles. The van der Waals surface area contributed by atoms with E-state index in [1.54, 1.807) is 30.3 Å². The van der Waals surface area contributed by atoms with Gasteiger partial charge in [-0.1, -0.05) is 35.9 Å². The first kappa shape index (κ1) is 19.2. The van der Waals surface area contributed by atoms with Gasteiger partial charge >= 0.3 is 0 Å². The Kier molecular flexibility index (Phi) is 6.02. The second-order valence-corrected chi connectivity index (χ2v) is 7.11. The summed E-state index contributed by atoms with van der Waals surface area (Å²) in [6.45, 7) is -0.00708. The number of carbonyl (C=O) groups is 1. The lowest BCUT2D eigenvalue weighted by atomic mass is 10.1. The molecule has 0 unspecified atom stereocenters. The molecule has 0 aromatic heterocycles. The van der Waals surface area contributed by atoms with E-state index >= 15 is 0 Å². The Bertz CT molecular complexity index is 886. The van der Waals surface area contributed by atoms with Crippen LogP contribution in [0, 0.1) is 0 Å². The van der Waals surface area contributed by atoms with Crippen molar-refractivity contribution in [2.24, 2.45) is 5.14 Å². The molecular formula is C16H17ClN2O5S.